The van der Waals surface area contributed by atoms with Crippen LogP contribution < -0.4 is 10.3 Å². The van der Waals surface area contributed by atoms with Gasteiger partial charge in [0.25, 0.3) is 0 Å². The van der Waals surface area contributed by atoms with Crippen molar-refractivity contribution in [2.24, 2.45) is 0 Å². The lowest BCUT2D eigenvalue weighted by atomic mass is 10.4. The molecule has 1 heterocycles. The second-order valence-corrected chi connectivity index (χ2v) is 3.09. The molecular formula is C10H15N3O. The molecule has 0 unspecified atom stereocenters. The van der Waals surface area contributed by atoms with Crippen LogP contribution in [0.15, 0.2) is 18.3 Å². The molecule has 0 radical (unpaired) electrons. The minimum atomic E-state index is 0.331. The first-order valence-corrected chi connectivity index (χ1v) is 4.54. The molecular weight excluding hydrogens is 178 g/mol. The molecule has 4 heteroatoms. The van der Waals surface area contributed by atoms with Crippen molar-refractivity contribution in [1.29, 1.82) is 0 Å². The predicted octanol–water partition coefficient (Wildman–Crippen LogP) is 1.90. The van der Waals surface area contributed by atoms with Gasteiger partial charge in [0.15, 0.2) is 0 Å². The fourth-order valence-corrected chi connectivity index (χ4v) is 0.929. The third kappa shape index (κ3) is 3.05. The number of aryl methyl sites for hydroxylation is 2. The number of nitrogens with one attached hydrogen (secondary N) is 1. The van der Waals surface area contributed by atoms with E-state index < -0.39 is 0 Å². The smallest absolute Gasteiger partial charge is 0.340 e. The Bertz CT molecular complexity index is 316. The van der Waals surface area contributed by atoms with E-state index >= 15 is 0 Å². The Labute approximate surface area is 84.0 Å². The van der Waals surface area contributed by atoms with Crippen LogP contribution >= 0.6 is 0 Å². The third-order valence-electron chi connectivity index (χ3n) is 1.68. The summed E-state index contributed by atoms with van der Waals surface area (Å²) in [5, 5.41) is 0. The Kier molecular flexibility index (Phi) is 3.45. The summed E-state index contributed by atoms with van der Waals surface area (Å²) in [5.74, 6) is 0. The van der Waals surface area contributed by atoms with Gasteiger partial charge in [0.2, 0.25) is 0 Å². The van der Waals surface area contributed by atoms with Gasteiger partial charge in [-0.15, -0.1) is 0 Å². The summed E-state index contributed by atoms with van der Waals surface area (Å²) in [4.78, 5) is 13.4. The SMILES string of the molecule is C=C(CC)NOc1nc(C)cc(C)n1. The molecule has 0 aliphatic carbocycles. The maximum atomic E-state index is 5.15. The fourth-order valence-electron chi connectivity index (χ4n) is 0.929. The zero-order valence-electron chi connectivity index (χ0n) is 8.79. The fraction of sp³-hybridized carbons (Fsp3) is 0.400. The van der Waals surface area contributed by atoms with Gasteiger partial charge >= 0.3 is 6.01 Å². The molecule has 1 aromatic heterocycles. The molecule has 0 saturated heterocycles. The summed E-state index contributed by atoms with van der Waals surface area (Å²) in [5.41, 5.74) is 5.25. The molecule has 0 spiro atoms. The topological polar surface area (TPSA) is 47.0 Å². The van der Waals surface area contributed by atoms with Crippen LogP contribution in [-0.2, 0) is 0 Å². The molecule has 0 saturated carbocycles. The molecule has 0 aliphatic heterocycles. The van der Waals surface area contributed by atoms with E-state index in [0.717, 1.165) is 23.5 Å². The van der Waals surface area contributed by atoms with Gasteiger partial charge in [-0.05, 0) is 26.3 Å². The number of hydroxylamine groups is 1. The van der Waals surface area contributed by atoms with E-state index in [1.807, 2.05) is 26.8 Å². The number of hydrogen-bond donors (Lipinski definition) is 1. The highest BCUT2D eigenvalue weighted by Gasteiger charge is 2.00. The largest absolute Gasteiger partial charge is 0.343 e. The number of rotatable bonds is 4. The van der Waals surface area contributed by atoms with Gasteiger partial charge in [-0.2, -0.15) is 9.97 Å². The van der Waals surface area contributed by atoms with Crippen LogP contribution in [0.3, 0.4) is 0 Å². The monoisotopic (exact) mass is 193 g/mol. The lowest BCUT2D eigenvalue weighted by molar-refractivity contribution is 0.205. The quantitative estimate of drug-likeness (QED) is 0.742. The molecule has 0 fully saturated rings. The normalized spacial score (nSPS) is 9.64. The number of aromatic nitrogens is 2. The summed E-state index contributed by atoms with van der Waals surface area (Å²) in [7, 11) is 0. The zero-order valence-corrected chi connectivity index (χ0v) is 8.79. The first kappa shape index (κ1) is 10.5. The van der Waals surface area contributed by atoms with Crippen molar-refractivity contribution < 1.29 is 4.84 Å². The Hall–Kier alpha value is -1.58. The van der Waals surface area contributed by atoms with Crippen LogP contribution in [0.1, 0.15) is 24.7 Å². The van der Waals surface area contributed by atoms with Gasteiger partial charge in [0.05, 0.1) is 0 Å². The Morgan fingerprint density at radius 3 is 2.50 bits per heavy atom. The number of hydrogen-bond acceptors (Lipinski definition) is 4. The van der Waals surface area contributed by atoms with Crippen molar-refractivity contribution in [3.63, 3.8) is 0 Å². The maximum absolute atomic E-state index is 5.15. The molecule has 1 rings (SSSR count). The van der Waals surface area contributed by atoms with Gasteiger partial charge in [-0.25, -0.2) is 5.48 Å². The summed E-state index contributed by atoms with van der Waals surface area (Å²) in [6.45, 7) is 9.53. The van der Waals surface area contributed by atoms with Crippen LogP contribution in [0.5, 0.6) is 6.01 Å². The van der Waals surface area contributed by atoms with Gasteiger partial charge in [-0.1, -0.05) is 13.5 Å². The summed E-state index contributed by atoms with van der Waals surface area (Å²) < 4.78 is 0. The summed E-state index contributed by atoms with van der Waals surface area (Å²) in [6.07, 6.45) is 0.810. The molecule has 14 heavy (non-hydrogen) atoms. The van der Waals surface area contributed by atoms with Crippen LogP contribution in [0.4, 0.5) is 0 Å². The second-order valence-electron chi connectivity index (χ2n) is 3.09. The Morgan fingerprint density at radius 1 is 1.43 bits per heavy atom. The van der Waals surface area contributed by atoms with E-state index in [1.54, 1.807) is 0 Å². The molecule has 4 nitrogen and oxygen atoms in total. The first-order chi connectivity index (χ1) is 6.61. The first-order valence-electron chi connectivity index (χ1n) is 4.54. The van der Waals surface area contributed by atoms with E-state index in [1.165, 1.54) is 0 Å². The second kappa shape index (κ2) is 4.60. The lowest BCUT2D eigenvalue weighted by Gasteiger charge is -2.07. The van der Waals surface area contributed by atoms with Crippen molar-refractivity contribution in [3.8, 4) is 6.01 Å². The number of nitrogens with zero attached hydrogens (tertiary/aromatic N) is 2. The van der Waals surface area contributed by atoms with Crippen molar-refractivity contribution in [1.82, 2.24) is 15.4 Å². The predicted molar refractivity (Wildman–Crippen MR) is 54.7 cm³/mol. The van der Waals surface area contributed by atoms with Crippen LogP contribution in [0, 0.1) is 13.8 Å². The maximum Gasteiger partial charge on any atom is 0.343 e. The van der Waals surface area contributed by atoms with Crippen LogP contribution in [0.2, 0.25) is 0 Å². The zero-order chi connectivity index (χ0) is 10.6. The highest BCUT2D eigenvalue weighted by molar-refractivity contribution is 5.11. The summed E-state index contributed by atoms with van der Waals surface area (Å²) in [6, 6.07) is 2.22. The van der Waals surface area contributed by atoms with Crippen molar-refractivity contribution in [2.45, 2.75) is 27.2 Å². The average Bonchev–Trinajstić information content (AvgIpc) is 2.12. The van der Waals surface area contributed by atoms with Crippen LogP contribution in [0.25, 0.3) is 0 Å². The van der Waals surface area contributed by atoms with E-state index in [4.69, 9.17) is 4.84 Å². The molecule has 0 amide bonds. The molecule has 0 atom stereocenters. The molecule has 0 bridgehead atoms. The molecule has 1 N–H and O–H groups in total. The lowest BCUT2D eigenvalue weighted by Crippen LogP contribution is -2.18. The molecule has 0 aromatic carbocycles. The number of allylic oxidation sites excluding steroid dienone is 1. The van der Waals surface area contributed by atoms with Crippen molar-refractivity contribution in [3.05, 3.63) is 29.7 Å². The minimum Gasteiger partial charge on any atom is -0.340 e. The van der Waals surface area contributed by atoms with Gasteiger partial charge in [0, 0.05) is 17.1 Å². The minimum absolute atomic E-state index is 0.331. The van der Waals surface area contributed by atoms with Gasteiger partial charge < -0.3 is 4.84 Å². The van der Waals surface area contributed by atoms with Gasteiger partial charge in [0.1, 0.15) is 0 Å². The van der Waals surface area contributed by atoms with E-state index in [9.17, 15) is 0 Å². The molecule has 1 aromatic rings. The standard InChI is InChI=1S/C10H15N3O/c1-5-7(2)13-14-10-11-8(3)6-9(4)12-10/h6,13H,2,5H2,1,3-4H3. The van der Waals surface area contributed by atoms with Crippen molar-refractivity contribution in [2.75, 3.05) is 0 Å². The van der Waals surface area contributed by atoms with E-state index in [0.29, 0.717) is 6.01 Å². The third-order valence-corrected chi connectivity index (χ3v) is 1.68. The highest BCUT2D eigenvalue weighted by Crippen LogP contribution is 2.05. The van der Waals surface area contributed by atoms with Crippen molar-refractivity contribution >= 4 is 0 Å². The Balaban J connectivity index is 2.63. The Morgan fingerprint density at radius 2 is 2.00 bits per heavy atom. The average molecular weight is 193 g/mol. The molecule has 76 valence electrons. The van der Waals surface area contributed by atoms with E-state index in [2.05, 4.69) is 22.0 Å². The van der Waals surface area contributed by atoms with Crippen LogP contribution in [-0.4, -0.2) is 9.97 Å². The molecule has 0 aliphatic rings. The van der Waals surface area contributed by atoms with Gasteiger partial charge in [-0.3, -0.25) is 0 Å². The highest BCUT2D eigenvalue weighted by atomic mass is 16.7. The summed E-state index contributed by atoms with van der Waals surface area (Å²) >= 11 is 0. The van der Waals surface area contributed by atoms with E-state index in [-0.39, 0.29) is 0 Å².